The first-order chi connectivity index (χ1) is 16.7. The van der Waals surface area contributed by atoms with Gasteiger partial charge in [-0.1, -0.05) is 45.0 Å². The predicted octanol–water partition coefficient (Wildman–Crippen LogP) is 3.22. The topological polar surface area (TPSA) is 98.2 Å². The van der Waals surface area contributed by atoms with Gasteiger partial charge in [0.15, 0.2) is 0 Å². The summed E-state index contributed by atoms with van der Waals surface area (Å²) in [5, 5.41) is 11.2. The highest BCUT2D eigenvalue weighted by Crippen LogP contribution is 2.40. The van der Waals surface area contributed by atoms with Gasteiger partial charge in [-0.25, -0.2) is 12.7 Å². The standard InChI is InChI=1S/C27H35N3O5S/c1-27(2,3)20-12-8-18(9-13-20)23-22(25(32)26(33)30(23)17-16-28(4)5)24(31)19-10-14-21(15-11-19)36(34,35)29(6)7/h8-15,23,31H,16-17H2,1-7H3/b24-22+. The summed E-state index contributed by atoms with van der Waals surface area (Å²) in [6, 6.07) is 12.6. The molecule has 1 atom stereocenters. The molecule has 1 heterocycles. The number of hydrogen-bond acceptors (Lipinski definition) is 6. The normalized spacial score (nSPS) is 18.5. The van der Waals surface area contributed by atoms with Crippen LogP contribution < -0.4 is 0 Å². The fraction of sp³-hybridized carbons (Fsp3) is 0.407. The summed E-state index contributed by atoms with van der Waals surface area (Å²) in [7, 11) is 2.98. The number of likely N-dealkylation sites (tertiary alicyclic amines) is 1. The average Bonchev–Trinajstić information content (AvgIpc) is 3.06. The summed E-state index contributed by atoms with van der Waals surface area (Å²) in [6.45, 7) is 7.16. The summed E-state index contributed by atoms with van der Waals surface area (Å²) in [4.78, 5) is 29.7. The number of ketones is 1. The number of sulfonamides is 1. The molecular weight excluding hydrogens is 478 g/mol. The van der Waals surface area contributed by atoms with Crippen LogP contribution in [0.25, 0.3) is 5.76 Å². The van der Waals surface area contributed by atoms with Crippen LogP contribution in [0.5, 0.6) is 0 Å². The smallest absolute Gasteiger partial charge is 0.295 e. The van der Waals surface area contributed by atoms with Gasteiger partial charge in [-0.2, -0.15) is 0 Å². The highest BCUT2D eigenvalue weighted by atomic mass is 32.2. The maximum Gasteiger partial charge on any atom is 0.295 e. The van der Waals surface area contributed by atoms with E-state index in [2.05, 4.69) is 20.8 Å². The van der Waals surface area contributed by atoms with Gasteiger partial charge in [-0.3, -0.25) is 9.59 Å². The molecule has 36 heavy (non-hydrogen) atoms. The highest BCUT2D eigenvalue weighted by molar-refractivity contribution is 7.89. The van der Waals surface area contributed by atoms with Gasteiger partial charge in [-0.05, 0) is 54.9 Å². The highest BCUT2D eigenvalue weighted by Gasteiger charge is 2.46. The zero-order valence-electron chi connectivity index (χ0n) is 21.9. The molecule has 1 unspecified atom stereocenters. The maximum absolute atomic E-state index is 13.2. The van der Waals surface area contributed by atoms with E-state index < -0.39 is 27.8 Å². The molecule has 8 nitrogen and oxygen atoms in total. The Kier molecular flexibility index (Phi) is 7.78. The fourth-order valence-electron chi connectivity index (χ4n) is 4.08. The number of nitrogens with zero attached hydrogens (tertiary/aromatic N) is 3. The van der Waals surface area contributed by atoms with Crippen molar-refractivity contribution >= 4 is 27.5 Å². The van der Waals surface area contributed by atoms with E-state index in [4.69, 9.17) is 0 Å². The van der Waals surface area contributed by atoms with E-state index >= 15 is 0 Å². The molecule has 1 amide bonds. The number of carbonyl (C=O) groups excluding carboxylic acids is 2. The Balaban J connectivity index is 2.13. The van der Waals surface area contributed by atoms with Crippen LogP contribution in [0.2, 0.25) is 0 Å². The quantitative estimate of drug-likeness (QED) is 0.347. The molecule has 0 bridgehead atoms. The average molecular weight is 514 g/mol. The van der Waals surface area contributed by atoms with Gasteiger partial charge in [0.25, 0.3) is 11.7 Å². The van der Waals surface area contributed by atoms with Gasteiger partial charge in [0.05, 0.1) is 16.5 Å². The monoisotopic (exact) mass is 513 g/mol. The third kappa shape index (κ3) is 5.38. The molecule has 1 saturated heterocycles. The number of aliphatic hydroxyl groups excluding tert-OH is 1. The van der Waals surface area contributed by atoms with Crippen LogP contribution in [0, 0.1) is 0 Å². The van der Waals surface area contributed by atoms with Crippen molar-refractivity contribution in [2.75, 3.05) is 41.3 Å². The van der Waals surface area contributed by atoms with E-state index in [1.54, 1.807) is 0 Å². The van der Waals surface area contributed by atoms with Crippen LogP contribution in [-0.2, 0) is 25.0 Å². The number of aliphatic hydroxyl groups is 1. The molecule has 0 saturated carbocycles. The Hall–Kier alpha value is -3.01. The van der Waals surface area contributed by atoms with Crippen molar-refractivity contribution in [3.63, 3.8) is 0 Å². The van der Waals surface area contributed by atoms with E-state index in [0.717, 1.165) is 9.87 Å². The summed E-state index contributed by atoms with van der Waals surface area (Å²) in [6.07, 6.45) is 0. The van der Waals surface area contributed by atoms with Crippen LogP contribution >= 0.6 is 0 Å². The molecule has 0 aromatic heterocycles. The first-order valence-electron chi connectivity index (χ1n) is 11.7. The summed E-state index contributed by atoms with van der Waals surface area (Å²) in [5.41, 5.74) is 2.00. The maximum atomic E-state index is 13.2. The molecule has 1 N–H and O–H groups in total. The van der Waals surface area contributed by atoms with Gasteiger partial charge in [0.2, 0.25) is 10.0 Å². The van der Waals surface area contributed by atoms with E-state index in [1.807, 2.05) is 43.3 Å². The molecule has 194 valence electrons. The van der Waals surface area contributed by atoms with Crippen molar-refractivity contribution in [2.45, 2.75) is 37.1 Å². The second kappa shape index (κ2) is 10.2. The second-order valence-corrected chi connectivity index (χ2v) is 12.6. The number of hydrogen-bond donors (Lipinski definition) is 1. The van der Waals surface area contributed by atoms with E-state index in [9.17, 15) is 23.1 Å². The molecule has 0 radical (unpaired) electrons. The lowest BCUT2D eigenvalue weighted by Gasteiger charge is -2.27. The summed E-state index contributed by atoms with van der Waals surface area (Å²) >= 11 is 0. The summed E-state index contributed by atoms with van der Waals surface area (Å²) < 4.78 is 25.9. The van der Waals surface area contributed by atoms with Crippen molar-refractivity contribution in [3.05, 3.63) is 70.8 Å². The zero-order valence-corrected chi connectivity index (χ0v) is 22.8. The molecule has 2 aromatic rings. The molecule has 1 aliphatic heterocycles. The Morgan fingerprint density at radius 1 is 0.944 bits per heavy atom. The zero-order chi connectivity index (χ0) is 27.0. The largest absolute Gasteiger partial charge is 0.507 e. The van der Waals surface area contributed by atoms with Gasteiger partial charge in [0.1, 0.15) is 5.76 Å². The fourth-order valence-corrected chi connectivity index (χ4v) is 4.98. The van der Waals surface area contributed by atoms with Gasteiger partial charge in [-0.15, -0.1) is 0 Å². The van der Waals surface area contributed by atoms with E-state index in [0.29, 0.717) is 18.7 Å². The van der Waals surface area contributed by atoms with Crippen molar-refractivity contribution < 1.29 is 23.1 Å². The molecule has 1 aliphatic rings. The number of benzene rings is 2. The van der Waals surface area contributed by atoms with Crippen LogP contribution in [0.3, 0.4) is 0 Å². The summed E-state index contributed by atoms with van der Waals surface area (Å²) in [5.74, 6) is -1.77. The van der Waals surface area contributed by atoms with Crippen LogP contribution in [-0.4, -0.2) is 80.6 Å². The molecule has 3 rings (SSSR count). The van der Waals surface area contributed by atoms with Crippen molar-refractivity contribution in [3.8, 4) is 0 Å². The minimum atomic E-state index is -3.65. The SMILES string of the molecule is CN(C)CCN1C(=O)C(=O)/C(=C(/O)c2ccc(S(=O)(=O)N(C)C)cc2)C1c1ccc(C(C)(C)C)cc1. The van der Waals surface area contributed by atoms with Crippen LogP contribution in [0.1, 0.15) is 43.5 Å². The molecular formula is C27H35N3O5S. The Labute approximate surface area is 213 Å². The molecule has 1 fully saturated rings. The van der Waals surface area contributed by atoms with Crippen molar-refractivity contribution in [1.29, 1.82) is 0 Å². The van der Waals surface area contributed by atoms with Gasteiger partial charge < -0.3 is 14.9 Å². The number of rotatable bonds is 7. The van der Waals surface area contributed by atoms with Gasteiger partial charge in [0, 0.05) is 32.7 Å². The van der Waals surface area contributed by atoms with Crippen molar-refractivity contribution in [1.82, 2.24) is 14.1 Å². The first kappa shape index (κ1) is 27.6. The van der Waals surface area contributed by atoms with E-state index in [1.165, 1.54) is 43.3 Å². The lowest BCUT2D eigenvalue weighted by atomic mass is 9.85. The minimum absolute atomic E-state index is 0.00881. The molecule has 0 aliphatic carbocycles. The number of Topliss-reactive ketones (excluding diaryl/α,β-unsaturated/α-hetero) is 1. The Bertz CT molecular complexity index is 1270. The minimum Gasteiger partial charge on any atom is -0.507 e. The first-order valence-corrected chi connectivity index (χ1v) is 13.2. The third-order valence-electron chi connectivity index (χ3n) is 6.33. The lowest BCUT2D eigenvalue weighted by Crippen LogP contribution is -2.35. The number of carbonyl (C=O) groups is 2. The Morgan fingerprint density at radius 3 is 1.97 bits per heavy atom. The molecule has 0 spiro atoms. The van der Waals surface area contributed by atoms with Gasteiger partial charge >= 0.3 is 0 Å². The van der Waals surface area contributed by atoms with Crippen LogP contribution in [0.15, 0.2) is 59.0 Å². The molecule has 9 heteroatoms. The predicted molar refractivity (Wildman–Crippen MR) is 140 cm³/mol. The van der Waals surface area contributed by atoms with Crippen molar-refractivity contribution in [2.24, 2.45) is 0 Å². The molecule has 2 aromatic carbocycles. The third-order valence-corrected chi connectivity index (χ3v) is 8.16. The van der Waals surface area contributed by atoms with Crippen LogP contribution in [0.4, 0.5) is 0 Å². The van der Waals surface area contributed by atoms with E-state index in [-0.39, 0.29) is 27.2 Å². The lowest BCUT2D eigenvalue weighted by molar-refractivity contribution is -0.140. The second-order valence-electron chi connectivity index (χ2n) is 10.5. The number of likely N-dealkylation sites (N-methyl/N-ethyl adjacent to an activating group) is 1. The number of amides is 1. The Morgan fingerprint density at radius 2 is 1.50 bits per heavy atom.